The number of hydrogen-bond donors (Lipinski definition) is 2. The third-order valence-corrected chi connectivity index (χ3v) is 2.24. The Morgan fingerprint density at radius 3 is 2.26 bits per heavy atom. The summed E-state index contributed by atoms with van der Waals surface area (Å²) in [5, 5.41) is 1.87. The molecule has 0 aromatic heterocycles. The summed E-state index contributed by atoms with van der Waals surface area (Å²) in [7, 11) is 0. The SMILES string of the molecule is Cl.NCC(F)(F)CNC(=O)Cc1c(F)cccc1F. The molecule has 0 heterocycles. The molecule has 0 aliphatic heterocycles. The minimum absolute atomic E-state index is 0. The number of carbonyl (C=O) groups excluding carboxylic acids is 1. The van der Waals surface area contributed by atoms with Crippen LogP contribution in [0.4, 0.5) is 17.6 Å². The predicted molar refractivity (Wildman–Crippen MR) is 64.3 cm³/mol. The zero-order valence-corrected chi connectivity index (χ0v) is 10.6. The molecule has 8 heteroatoms. The molecule has 1 amide bonds. The van der Waals surface area contributed by atoms with Gasteiger partial charge in [0.25, 0.3) is 5.92 Å². The van der Waals surface area contributed by atoms with E-state index in [4.69, 9.17) is 5.73 Å². The number of hydrogen-bond acceptors (Lipinski definition) is 2. The molecule has 0 aliphatic rings. The van der Waals surface area contributed by atoms with Gasteiger partial charge in [-0.1, -0.05) is 6.07 Å². The van der Waals surface area contributed by atoms with Crippen molar-refractivity contribution >= 4 is 18.3 Å². The fourth-order valence-electron chi connectivity index (χ4n) is 1.22. The number of halogens is 5. The van der Waals surface area contributed by atoms with Crippen LogP contribution < -0.4 is 11.1 Å². The number of amides is 1. The lowest BCUT2D eigenvalue weighted by Crippen LogP contribution is -2.42. The van der Waals surface area contributed by atoms with Crippen LogP contribution in [0, 0.1) is 11.6 Å². The Hall–Kier alpha value is -1.34. The largest absolute Gasteiger partial charge is 0.350 e. The van der Waals surface area contributed by atoms with Gasteiger partial charge in [-0.05, 0) is 12.1 Å². The first-order valence-corrected chi connectivity index (χ1v) is 5.13. The number of benzene rings is 1. The fraction of sp³-hybridized carbons (Fsp3) is 0.364. The van der Waals surface area contributed by atoms with Crippen molar-refractivity contribution < 1.29 is 22.4 Å². The highest BCUT2D eigenvalue weighted by Crippen LogP contribution is 2.13. The van der Waals surface area contributed by atoms with Gasteiger partial charge in [-0.25, -0.2) is 17.6 Å². The first kappa shape index (κ1) is 17.7. The van der Waals surface area contributed by atoms with E-state index in [1.165, 1.54) is 0 Å². The number of rotatable bonds is 5. The van der Waals surface area contributed by atoms with E-state index < -0.39 is 48.5 Å². The predicted octanol–water partition coefficient (Wildman–Crippen LogP) is 1.64. The van der Waals surface area contributed by atoms with Crippen molar-refractivity contribution in [2.24, 2.45) is 5.73 Å². The van der Waals surface area contributed by atoms with E-state index in [0.29, 0.717) is 0 Å². The molecule has 0 saturated heterocycles. The molecular weight excluding hydrogens is 288 g/mol. The van der Waals surface area contributed by atoms with Crippen molar-refractivity contribution in [3.8, 4) is 0 Å². The van der Waals surface area contributed by atoms with Crippen LogP contribution in [0.1, 0.15) is 5.56 Å². The Morgan fingerprint density at radius 2 is 1.79 bits per heavy atom. The minimum Gasteiger partial charge on any atom is -0.350 e. The van der Waals surface area contributed by atoms with E-state index in [1.54, 1.807) is 0 Å². The molecule has 0 unspecified atom stereocenters. The second kappa shape index (κ2) is 7.30. The molecule has 108 valence electrons. The molecular formula is C11H13ClF4N2O. The smallest absolute Gasteiger partial charge is 0.277 e. The summed E-state index contributed by atoms with van der Waals surface area (Å²) in [6, 6.07) is 3.12. The van der Waals surface area contributed by atoms with Crippen LogP contribution >= 0.6 is 12.4 Å². The van der Waals surface area contributed by atoms with E-state index in [2.05, 4.69) is 0 Å². The van der Waals surface area contributed by atoms with Crippen LogP contribution in [0.15, 0.2) is 18.2 Å². The molecule has 3 nitrogen and oxygen atoms in total. The normalized spacial score (nSPS) is 10.8. The Kier molecular flexibility index (Phi) is 6.78. The summed E-state index contributed by atoms with van der Waals surface area (Å²) in [5.41, 5.74) is 4.32. The monoisotopic (exact) mass is 300 g/mol. The van der Waals surface area contributed by atoms with Gasteiger partial charge in [-0.3, -0.25) is 4.79 Å². The molecule has 0 fully saturated rings. The maximum atomic E-state index is 13.2. The molecule has 0 spiro atoms. The summed E-state index contributed by atoms with van der Waals surface area (Å²) in [6.45, 7) is -1.88. The topological polar surface area (TPSA) is 55.1 Å². The lowest BCUT2D eigenvalue weighted by molar-refractivity contribution is -0.122. The van der Waals surface area contributed by atoms with Crippen LogP contribution in [0.5, 0.6) is 0 Å². The van der Waals surface area contributed by atoms with Crippen LogP contribution in [-0.2, 0) is 11.2 Å². The third kappa shape index (κ3) is 5.44. The van der Waals surface area contributed by atoms with Crippen molar-refractivity contribution in [2.75, 3.05) is 13.1 Å². The number of nitrogens with two attached hydrogens (primary N) is 1. The molecule has 3 N–H and O–H groups in total. The molecule has 0 radical (unpaired) electrons. The van der Waals surface area contributed by atoms with Gasteiger partial charge in [0, 0.05) is 5.56 Å². The molecule has 0 saturated carbocycles. The molecule has 0 aliphatic carbocycles. The van der Waals surface area contributed by atoms with Crippen molar-refractivity contribution in [2.45, 2.75) is 12.3 Å². The highest BCUT2D eigenvalue weighted by molar-refractivity contribution is 5.85. The van der Waals surface area contributed by atoms with Gasteiger partial charge in [-0.15, -0.1) is 12.4 Å². The second-order valence-electron chi connectivity index (χ2n) is 3.71. The van der Waals surface area contributed by atoms with E-state index >= 15 is 0 Å². The fourth-order valence-corrected chi connectivity index (χ4v) is 1.22. The number of alkyl halides is 2. The van der Waals surface area contributed by atoms with Crippen LogP contribution in [0.25, 0.3) is 0 Å². The lowest BCUT2D eigenvalue weighted by Gasteiger charge is -2.14. The number of nitrogens with one attached hydrogen (secondary N) is 1. The van der Waals surface area contributed by atoms with Gasteiger partial charge in [0.05, 0.1) is 19.5 Å². The molecule has 1 rings (SSSR count). The standard InChI is InChI=1S/C11H12F4N2O.ClH/c12-8-2-1-3-9(13)7(8)4-10(18)17-6-11(14,15)5-16;/h1-3H,4-6,16H2,(H,17,18);1H. The Balaban J connectivity index is 0.00000324. The average Bonchev–Trinajstić information content (AvgIpc) is 2.32. The molecule has 0 atom stereocenters. The van der Waals surface area contributed by atoms with E-state index in [-0.39, 0.29) is 12.4 Å². The first-order valence-electron chi connectivity index (χ1n) is 5.13. The maximum Gasteiger partial charge on any atom is 0.277 e. The summed E-state index contributed by atoms with van der Waals surface area (Å²) < 4.78 is 51.8. The number of carbonyl (C=O) groups is 1. The Bertz CT molecular complexity index is 422. The van der Waals surface area contributed by atoms with Crippen LogP contribution in [0.3, 0.4) is 0 Å². The Labute approximate surface area is 113 Å². The zero-order valence-electron chi connectivity index (χ0n) is 9.76. The average molecular weight is 301 g/mol. The third-order valence-electron chi connectivity index (χ3n) is 2.24. The van der Waals surface area contributed by atoms with Gasteiger partial charge in [0.2, 0.25) is 5.91 Å². The van der Waals surface area contributed by atoms with E-state index in [9.17, 15) is 22.4 Å². The van der Waals surface area contributed by atoms with Gasteiger partial charge in [0.1, 0.15) is 11.6 Å². The van der Waals surface area contributed by atoms with Crippen LogP contribution in [-0.4, -0.2) is 24.9 Å². The second-order valence-corrected chi connectivity index (χ2v) is 3.71. The van der Waals surface area contributed by atoms with Gasteiger partial charge >= 0.3 is 0 Å². The summed E-state index contributed by atoms with van der Waals surface area (Å²) in [6.07, 6.45) is -0.640. The summed E-state index contributed by atoms with van der Waals surface area (Å²) in [4.78, 5) is 11.3. The molecule has 1 aromatic carbocycles. The van der Waals surface area contributed by atoms with Gasteiger partial charge < -0.3 is 11.1 Å². The van der Waals surface area contributed by atoms with Crippen molar-refractivity contribution in [1.29, 1.82) is 0 Å². The highest BCUT2D eigenvalue weighted by atomic mass is 35.5. The van der Waals surface area contributed by atoms with Crippen molar-refractivity contribution in [1.82, 2.24) is 5.32 Å². The maximum absolute atomic E-state index is 13.2. The molecule has 1 aromatic rings. The molecule has 0 bridgehead atoms. The van der Waals surface area contributed by atoms with Crippen molar-refractivity contribution in [3.05, 3.63) is 35.4 Å². The summed E-state index contributed by atoms with van der Waals surface area (Å²) >= 11 is 0. The minimum atomic E-state index is -3.23. The van der Waals surface area contributed by atoms with E-state index in [0.717, 1.165) is 18.2 Å². The van der Waals surface area contributed by atoms with Gasteiger partial charge in [-0.2, -0.15) is 0 Å². The zero-order chi connectivity index (χ0) is 13.8. The molecule has 19 heavy (non-hydrogen) atoms. The Morgan fingerprint density at radius 1 is 1.26 bits per heavy atom. The summed E-state index contributed by atoms with van der Waals surface area (Å²) in [5.74, 6) is -5.91. The lowest BCUT2D eigenvalue weighted by atomic mass is 10.1. The van der Waals surface area contributed by atoms with Crippen LogP contribution in [0.2, 0.25) is 0 Å². The van der Waals surface area contributed by atoms with Crippen molar-refractivity contribution in [3.63, 3.8) is 0 Å². The van der Waals surface area contributed by atoms with E-state index in [1.807, 2.05) is 5.32 Å². The first-order chi connectivity index (χ1) is 8.35. The van der Waals surface area contributed by atoms with Gasteiger partial charge in [0.15, 0.2) is 0 Å². The quantitative estimate of drug-likeness (QED) is 0.812. The highest BCUT2D eigenvalue weighted by Gasteiger charge is 2.27.